The molecule has 1 aliphatic heterocycles. The van der Waals surface area contributed by atoms with Gasteiger partial charge < -0.3 is 15.8 Å². The molecular weight excluding hydrogens is 324 g/mol. The van der Waals surface area contributed by atoms with Gasteiger partial charge in [0.1, 0.15) is 6.04 Å². The van der Waals surface area contributed by atoms with Gasteiger partial charge in [-0.25, -0.2) is 9.69 Å². The van der Waals surface area contributed by atoms with E-state index in [-0.39, 0.29) is 11.8 Å². The van der Waals surface area contributed by atoms with Crippen LogP contribution in [0.25, 0.3) is 0 Å². The molecule has 1 saturated heterocycles. The number of nitrogens with one attached hydrogen (secondary N) is 2. The van der Waals surface area contributed by atoms with Crippen molar-refractivity contribution < 1.29 is 19.6 Å². The van der Waals surface area contributed by atoms with Crippen LogP contribution in [0.3, 0.4) is 0 Å². The maximum absolute atomic E-state index is 12.5. The molecule has 0 saturated carbocycles. The first kappa shape index (κ1) is 18.4. The van der Waals surface area contributed by atoms with E-state index < -0.39 is 12.1 Å². The molecule has 0 aliphatic carbocycles. The molecule has 3 N–H and O–H groups in total. The van der Waals surface area contributed by atoms with Crippen molar-refractivity contribution in [3.8, 4) is 0 Å². The summed E-state index contributed by atoms with van der Waals surface area (Å²) in [4.78, 5) is 36.5. The molecule has 0 spiro atoms. The molecule has 0 aromatic heterocycles. The second-order valence-electron chi connectivity index (χ2n) is 5.89. The zero-order valence-electron chi connectivity index (χ0n) is 14.3. The van der Waals surface area contributed by atoms with E-state index in [0.717, 1.165) is 17.7 Å². The lowest BCUT2D eigenvalue weighted by Crippen LogP contribution is -2.31. The maximum atomic E-state index is 12.5. The van der Waals surface area contributed by atoms with Gasteiger partial charge in [0, 0.05) is 13.5 Å². The summed E-state index contributed by atoms with van der Waals surface area (Å²) in [7, 11) is 0. The van der Waals surface area contributed by atoms with Crippen molar-refractivity contribution in [2.24, 2.45) is 5.16 Å². The molecule has 2 rings (SSSR count). The molecule has 1 heterocycles. The molecule has 0 bridgehead atoms. The number of hydrogen-bond donors (Lipinski definition) is 3. The zero-order valence-corrected chi connectivity index (χ0v) is 14.3. The Balaban J connectivity index is 1.95. The number of unbranched alkanes of at least 4 members (excludes halogenated alkanes) is 1. The molecule has 1 aromatic carbocycles. The largest absolute Gasteiger partial charge is 0.411 e. The first-order chi connectivity index (χ1) is 11.9. The average molecular weight is 346 g/mol. The highest BCUT2D eigenvalue weighted by Gasteiger charge is 2.38. The molecule has 1 aromatic rings. The van der Waals surface area contributed by atoms with Crippen LogP contribution < -0.4 is 15.5 Å². The van der Waals surface area contributed by atoms with E-state index >= 15 is 0 Å². The van der Waals surface area contributed by atoms with Crippen LogP contribution in [0.1, 0.15) is 38.7 Å². The number of hydrogen-bond acceptors (Lipinski definition) is 5. The third-order valence-corrected chi connectivity index (χ3v) is 4.01. The van der Waals surface area contributed by atoms with Gasteiger partial charge in [0.2, 0.25) is 5.91 Å². The topological polar surface area (TPSA) is 111 Å². The van der Waals surface area contributed by atoms with Crippen molar-refractivity contribution in [2.75, 3.05) is 11.4 Å². The predicted octanol–water partition coefficient (Wildman–Crippen LogP) is 1.62. The van der Waals surface area contributed by atoms with Crippen LogP contribution in [0.2, 0.25) is 0 Å². The number of urea groups is 1. The van der Waals surface area contributed by atoms with E-state index in [0.29, 0.717) is 29.9 Å². The molecule has 1 atom stereocenters. The molecular formula is C17H22N4O4. The Bertz CT molecular complexity index is 684. The summed E-state index contributed by atoms with van der Waals surface area (Å²) < 4.78 is 0. The van der Waals surface area contributed by atoms with Gasteiger partial charge in [-0.2, -0.15) is 0 Å². The fourth-order valence-corrected chi connectivity index (χ4v) is 2.62. The van der Waals surface area contributed by atoms with Gasteiger partial charge >= 0.3 is 6.03 Å². The monoisotopic (exact) mass is 346 g/mol. The normalized spacial score (nSPS) is 17.6. The Morgan fingerprint density at radius 3 is 2.52 bits per heavy atom. The Morgan fingerprint density at radius 1 is 1.24 bits per heavy atom. The number of benzene rings is 1. The number of imide groups is 1. The maximum Gasteiger partial charge on any atom is 0.329 e. The second-order valence-corrected chi connectivity index (χ2v) is 5.89. The summed E-state index contributed by atoms with van der Waals surface area (Å²) in [5, 5.41) is 17.3. The number of anilines is 1. The van der Waals surface area contributed by atoms with Crippen molar-refractivity contribution in [1.29, 1.82) is 0 Å². The van der Waals surface area contributed by atoms with Crippen molar-refractivity contribution in [2.45, 2.75) is 39.2 Å². The van der Waals surface area contributed by atoms with Gasteiger partial charge in [-0.3, -0.25) is 9.59 Å². The van der Waals surface area contributed by atoms with E-state index in [9.17, 15) is 14.4 Å². The minimum absolute atomic E-state index is 0.0821. The standard InChI is InChI=1S/C17H22N4O4/c1-11(20-25)13-6-8-14(9-7-13)21-16(23)15(19-17(21)24)5-3-4-10-18-12(2)22/h6-9,15,25H,3-5,10H2,1-2H3,(H,18,22)(H,19,24). The van der Waals surface area contributed by atoms with Gasteiger partial charge in [-0.05, 0) is 43.9 Å². The highest BCUT2D eigenvalue weighted by Crippen LogP contribution is 2.22. The lowest BCUT2D eigenvalue weighted by Gasteiger charge is -2.13. The predicted molar refractivity (Wildman–Crippen MR) is 92.8 cm³/mol. The summed E-state index contributed by atoms with van der Waals surface area (Å²) in [6, 6.07) is 5.65. The minimum Gasteiger partial charge on any atom is -0.411 e. The van der Waals surface area contributed by atoms with Crippen molar-refractivity contribution >= 4 is 29.2 Å². The smallest absolute Gasteiger partial charge is 0.329 e. The van der Waals surface area contributed by atoms with Crippen LogP contribution in [0, 0.1) is 0 Å². The number of nitrogens with zero attached hydrogens (tertiary/aromatic N) is 2. The van der Waals surface area contributed by atoms with Gasteiger partial charge in [-0.1, -0.05) is 17.3 Å². The summed E-state index contributed by atoms with van der Waals surface area (Å²) in [5.74, 6) is -0.369. The molecule has 4 amide bonds. The Hall–Kier alpha value is -2.90. The van der Waals surface area contributed by atoms with Gasteiger partial charge in [-0.15, -0.1) is 0 Å². The SMILES string of the molecule is CC(=O)NCCCCC1NC(=O)N(c2ccc(C(C)=NO)cc2)C1=O. The molecule has 8 heteroatoms. The number of carbonyl (C=O) groups is 3. The van der Waals surface area contributed by atoms with Crippen molar-refractivity contribution in [3.63, 3.8) is 0 Å². The number of oxime groups is 1. The third-order valence-electron chi connectivity index (χ3n) is 4.01. The minimum atomic E-state index is -0.551. The molecule has 1 aliphatic rings. The third kappa shape index (κ3) is 4.56. The van der Waals surface area contributed by atoms with E-state index in [4.69, 9.17) is 5.21 Å². The van der Waals surface area contributed by atoms with Crippen LogP contribution in [-0.2, 0) is 9.59 Å². The zero-order chi connectivity index (χ0) is 18.4. The van der Waals surface area contributed by atoms with Gasteiger partial charge in [0.05, 0.1) is 11.4 Å². The van der Waals surface area contributed by atoms with E-state index in [1.54, 1.807) is 31.2 Å². The number of carbonyl (C=O) groups excluding carboxylic acids is 3. The van der Waals surface area contributed by atoms with Crippen molar-refractivity contribution in [3.05, 3.63) is 29.8 Å². The molecule has 8 nitrogen and oxygen atoms in total. The Morgan fingerprint density at radius 2 is 1.92 bits per heavy atom. The Labute approximate surface area is 145 Å². The van der Waals surface area contributed by atoms with Crippen LogP contribution in [0.15, 0.2) is 29.4 Å². The van der Waals surface area contributed by atoms with Crippen LogP contribution in [0.5, 0.6) is 0 Å². The van der Waals surface area contributed by atoms with Gasteiger partial charge in [0.15, 0.2) is 0 Å². The first-order valence-electron chi connectivity index (χ1n) is 8.12. The van der Waals surface area contributed by atoms with Gasteiger partial charge in [0.25, 0.3) is 5.91 Å². The number of amides is 4. The quantitative estimate of drug-likeness (QED) is 0.229. The summed E-state index contributed by atoms with van der Waals surface area (Å²) in [5.41, 5.74) is 1.62. The fraction of sp³-hybridized carbons (Fsp3) is 0.412. The van der Waals surface area contributed by atoms with E-state index in [1.165, 1.54) is 6.92 Å². The molecule has 1 unspecified atom stereocenters. The second kappa shape index (κ2) is 8.27. The van der Waals surface area contributed by atoms with Crippen LogP contribution >= 0.6 is 0 Å². The lowest BCUT2D eigenvalue weighted by atomic mass is 10.1. The van der Waals surface area contributed by atoms with Crippen LogP contribution in [0.4, 0.5) is 10.5 Å². The highest BCUT2D eigenvalue weighted by molar-refractivity contribution is 6.21. The van der Waals surface area contributed by atoms with E-state index in [1.807, 2.05) is 0 Å². The fourth-order valence-electron chi connectivity index (χ4n) is 2.62. The summed E-state index contributed by atoms with van der Waals surface area (Å²) in [6.45, 7) is 3.67. The summed E-state index contributed by atoms with van der Waals surface area (Å²) in [6.07, 6.45) is 1.98. The molecule has 1 fully saturated rings. The van der Waals surface area contributed by atoms with E-state index in [2.05, 4.69) is 15.8 Å². The van der Waals surface area contributed by atoms with Crippen LogP contribution in [-0.4, -0.2) is 41.4 Å². The number of rotatable bonds is 7. The molecule has 25 heavy (non-hydrogen) atoms. The summed E-state index contributed by atoms with van der Waals surface area (Å²) >= 11 is 0. The lowest BCUT2D eigenvalue weighted by molar-refractivity contribution is -0.119. The molecule has 0 radical (unpaired) electrons. The first-order valence-corrected chi connectivity index (χ1v) is 8.12. The van der Waals surface area contributed by atoms with Crippen molar-refractivity contribution in [1.82, 2.24) is 10.6 Å². The highest BCUT2D eigenvalue weighted by atomic mass is 16.4. The Kier molecular flexibility index (Phi) is 6.10. The molecule has 134 valence electrons. The average Bonchev–Trinajstić information content (AvgIpc) is 2.87.